The van der Waals surface area contributed by atoms with E-state index in [2.05, 4.69) is 22.6 Å². The second-order valence-electron chi connectivity index (χ2n) is 7.23. The zero-order valence-corrected chi connectivity index (χ0v) is 15.2. The van der Waals surface area contributed by atoms with Crippen LogP contribution >= 0.6 is 0 Å². The summed E-state index contributed by atoms with van der Waals surface area (Å²) in [5, 5.41) is 6.00. The molecule has 138 valence electrons. The molecule has 1 heterocycles. The Morgan fingerprint density at radius 2 is 1.67 bits per heavy atom. The molecule has 1 saturated heterocycles. The van der Waals surface area contributed by atoms with Gasteiger partial charge in [0.15, 0.2) is 0 Å². The van der Waals surface area contributed by atoms with Gasteiger partial charge in [-0.1, -0.05) is 25.7 Å². The predicted molar refractivity (Wildman–Crippen MR) is 96.0 cm³/mol. The van der Waals surface area contributed by atoms with Crippen molar-refractivity contribution in [1.29, 1.82) is 0 Å². The lowest BCUT2D eigenvalue weighted by atomic mass is 9.96. The van der Waals surface area contributed by atoms with Crippen molar-refractivity contribution in [3.8, 4) is 0 Å². The average molecular weight is 338 g/mol. The number of likely N-dealkylation sites (N-methyl/N-ethyl adjacent to an activating group) is 1. The van der Waals surface area contributed by atoms with Crippen LogP contribution in [-0.4, -0.2) is 67.6 Å². The largest absolute Gasteiger partial charge is 0.340 e. The minimum atomic E-state index is -0.0320. The van der Waals surface area contributed by atoms with Gasteiger partial charge in [0.05, 0.1) is 0 Å². The molecule has 0 aromatic rings. The third-order valence-corrected chi connectivity index (χ3v) is 5.15. The fraction of sp³-hybridized carbons (Fsp3) is 0.889. The van der Waals surface area contributed by atoms with Crippen LogP contribution in [0.2, 0.25) is 0 Å². The first-order chi connectivity index (χ1) is 11.6. The SMILES string of the molecule is CN1CCN(C(=O)CCCCCNC(=O)NC2CCCCC2)CC1. The molecule has 0 radical (unpaired) electrons. The summed E-state index contributed by atoms with van der Waals surface area (Å²) in [6.45, 7) is 4.37. The summed E-state index contributed by atoms with van der Waals surface area (Å²) in [6.07, 6.45) is 9.46. The van der Waals surface area contributed by atoms with Gasteiger partial charge in [-0.15, -0.1) is 0 Å². The first-order valence-electron chi connectivity index (χ1n) is 9.66. The smallest absolute Gasteiger partial charge is 0.315 e. The van der Waals surface area contributed by atoms with Crippen LogP contribution in [0.25, 0.3) is 0 Å². The highest BCUT2D eigenvalue weighted by Gasteiger charge is 2.18. The van der Waals surface area contributed by atoms with Crippen LogP contribution in [0.5, 0.6) is 0 Å². The molecule has 24 heavy (non-hydrogen) atoms. The molecule has 6 nitrogen and oxygen atoms in total. The van der Waals surface area contributed by atoms with Crippen molar-refractivity contribution in [1.82, 2.24) is 20.4 Å². The summed E-state index contributed by atoms with van der Waals surface area (Å²) in [7, 11) is 2.10. The normalized spacial score (nSPS) is 20.0. The maximum Gasteiger partial charge on any atom is 0.315 e. The molecule has 1 aliphatic carbocycles. The highest BCUT2D eigenvalue weighted by molar-refractivity contribution is 5.76. The van der Waals surface area contributed by atoms with Crippen molar-refractivity contribution in [2.75, 3.05) is 39.8 Å². The van der Waals surface area contributed by atoms with Crippen molar-refractivity contribution in [2.24, 2.45) is 0 Å². The van der Waals surface area contributed by atoms with E-state index in [4.69, 9.17) is 0 Å². The van der Waals surface area contributed by atoms with E-state index in [1.807, 2.05) is 4.90 Å². The summed E-state index contributed by atoms with van der Waals surface area (Å²) in [5.74, 6) is 0.283. The van der Waals surface area contributed by atoms with Crippen LogP contribution in [0, 0.1) is 0 Å². The number of rotatable bonds is 7. The zero-order chi connectivity index (χ0) is 17.2. The van der Waals surface area contributed by atoms with Gasteiger partial charge >= 0.3 is 6.03 Å². The first-order valence-corrected chi connectivity index (χ1v) is 9.66. The molecule has 1 saturated carbocycles. The van der Waals surface area contributed by atoms with Gasteiger partial charge in [0.1, 0.15) is 0 Å². The Morgan fingerprint density at radius 3 is 2.38 bits per heavy atom. The molecule has 0 unspecified atom stereocenters. The van der Waals surface area contributed by atoms with E-state index in [9.17, 15) is 9.59 Å². The van der Waals surface area contributed by atoms with Crippen LogP contribution in [0.3, 0.4) is 0 Å². The number of piperazine rings is 1. The molecule has 1 aliphatic heterocycles. The number of nitrogens with zero attached hydrogens (tertiary/aromatic N) is 2. The van der Waals surface area contributed by atoms with E-state index >= 15 is 0 Å². The quantitative estimate of drug-likeness (QED) is 0.698. The van der Waals surface area contributed by atoms with Gasteiger partial charge in [-0.05, 0) is 32.7 Å². The number of carbonyl (C=O) groups excluding carboxylic acids is 2. The summed E-state index contributed by atoms with van der Waals surface area (Å²) >= 11 is 0. The Morgan fingerprint density at radius 1 is 0.958 bits per heavy atom. The number of carbonyl (C=O) groups is 2. The second-order valence-corrected chi connectivity index (χ2v) is 7.23. The van der Waals surface area contributed by atoms with Gasteiger partial charge in [-0.25, -0.2) is 4.79 Å². The molecule has 0 atom stereocenters. The predicted octanol–water partition coefficient (Wildman–Crippen LogP) is 1.95. The monoisotopic (exact) mass is 338 g/mol. The van der Waals surface area contributed by atoms with Crippen LogP contribution in [0.15, 0.2) is 0 Å². The molecular weight excluding hydrogens is 304 g/mol. The number of unbranched alkanes of at least 4 members (excludes halogenated alkanes) is 2. The van der Waals surface area contributed by atoms with E-state index in [0.29, 0.717) is 19.0 Å². The topological polar surface area (TPSA) is 64.7 Å². The lowest BCUT2D eigenvalue weighted by Crippen LogP contribution is -2.47. The van der Waals surface area contributed by atoms with E-state index in [-0.39, 0.29) is 11.9 Å². The summed E-state index contributed by atoms with van der Waals surface area (Å²) in [5.41, 5.74) is 0. The fourth-order valence-corrected chi connectivity index (χ4v) is 3.48. The lowest BCUT2D eigenvalue weighted by Gasteiger charge is -2.32. The second kappa shape index (κ2) is 10.5. The molecule has 0 aromatic heterocycles. The molecule has 2 fully saturated rings. The number of hydrogen-bond acceptors (Lipinski definition) is 3. The number of urea groups is 1. The maximum atomic E-state index is 12.1. The van der Waals surface area contributed by atoms with Gasteiger partial charge in [0.25, 0.3) is 0 Å². The minimum Gasteiger partial charge on any atom is -0.340 e. The van der Waals surface area contributed by atoms with Crippen LogP contribution in [0.4, 0.5) is 4.79 Å². The highest BCUT2D eigenvalue weighted by atomic mass is 16.2. The van der Waals surface area contributed by atoms with Gasteiger partial charge in [-0.3, -0.25) is 4.79 Å². The highest BCUT2D eigenvalue weighted by Crippen LogP contribution is 2.17. The van der Waals surface area contributed by atoms with Crippen molar-refractivity contribution < 1.29 is 9.59 Å². The third-order valence-electron chi connectivity index (χ3n) is 5.15. The molecule has 0 aromatic carbocycles. The van der Waals surface area contributed by atoms with Crippen molar-refractivity contribution >= 4 is 11.9 Å². The Kier molecular flexibility index (Phi) is 8.36. The molecule has 2 aliphatic rings. The Labute approximate surface area is 146 Å². The van der Waals surface area contributed by atoms with E-state index in [0.717, 1.165) is 58.3 Å². The van der Waals surface area contributed by atoms with Crippen molar-refractivity contribution in [3.63, 3.8) is 0 Å². The van der Waals surface area contributed by atoms with Gasteiger partial charge < -0.3 is 20.4 Å². The lowest BCUT2D eigenvalue weighted by molar-refractivity contribution is -0.132. The Hall–Kier alpha value is -1.30. The molecule has 2 N–H and O–H groups in total. The maximum absolute atomic E-state index is 12.1. The van der Waals surface area contributed by atoms with Crippen LogP contribution in [0.1, 0.15) is 57.8 Å². The van der Waals surface area contributed by atoms with Crippen LogP contribution < -0.4 is 10.6 Å². The minimum absolute atomic E-state index is 0.0320. The number of hydrogen-bond donors (Lipinski definition) is 2. The first kappa shape index (κ1) is 19.0. The average Bonchev–Trinajstić information content (AvgIpc) is 2.59. The zero-order valence-electron chi connectivity index (χ0n) is 15.2. The standard InChI is InChI=1S/C18H34N4O2/c1-21-12-14-22(15-13-21)17(23)10-6-3-7-11-19-18(24)20-16-8-4-2-5-9-16/h16H,2-15H2,1H3,(H2,19,20,24). The van der Waals surface area contributed by atoms with Crippen LogP contribution in [-0.2, 0) is 4.79 Å². The molecule has 6 heteroatoms. The summed E-state index contributed by atoms with van der Waals surface area (Å²) in [6, 6.07) is 0.329. The number of amides is 3. The fourth-order valence-electron chi connectivity index (χ4n) is 3.48. The van der Waals surface area contributed by atoms with Gasteiger partial charge in [-0.2, -0.15) is 0 Å². The third kappa shape index (κ3) is 7.07. The Balaban J connectivity index is 1.44. The van der Waals surface area contributed by atoms with Crippen molar-refractivity contribution in [3.05, 3.63) is 0 Å². The van der Waals surface area contributed by atoms with E-state index in [1.54, 1.807) is 0 Å². The number of nitrogens with one attached hydrogen (secondary N) is 2. The van der Waals surface area contributed by atoms with Crippen molar-refractivity contribution in [2.45, 2.75) is 63.8 Å². The Bertz CT molecular complexity index is 388. The molecule has 2 rings (SSSR count). The molecular formula is C18H34N4O2. The molecule has 3 amide bonds. The summed E-state index contributed by atoms with van der Waals surface area (Å²) < 4.78 is 0. The van der Waals surface area contributed by atoms with Gasteiger partial charge in [0.2, 0.25) is 5.91 Å². The van der Waals surface area contributed by atoms with E-state index in [1.165, 1.54) is 19.3 Å². The van der Waals surface area contributed by atoms with Gasteiger partial charge in [0, 0.05) is 45.2 Å². The van der Waals surface area contributed by atoms with E-state index < -0.39 is 0 Å². The summed E-state index contributed by atoms with van der Waals surface area (Å²) in [4.78, 5) is 28.1. The molecule has 0 spiro atoms. The molecule has 0 bridgehead atoms.